The zero-order valence-electron chi connectivity index (χ0n) is 15.1. The molecule has 0 bridgehead atoms. The smallest absolute Gasteiger partial charge is 0.259 e. The van der Waals surface area contributed by atoms with Crippen LogP contribution in [-0.2, 0) is 0 Å². The molecule has 1 unspecified atom stereocenters. The van der Waals surface area contributed by atoms with Gasteiger partial charge in [0.05, 0.1) is 23.0 Å². The Morgan fingerprint density at radius 1 is 0.821 bits per heavy atom. The van der Waals surface area contributed by atoms with Crippen molar-refractivity contribution in [2.75, 3.05) is 0 Å². The number of hydrogen-bond donors (Lipinski definition) is 0. The van der Waals surface area contributed by atoms with E-state index in [9.17, 15) is 9.59 Å². The first-order valence-corrected chi connectivity index (χ1v) is 8.90. The minimum absolute atomic E-state index is 0. The summed E-state index contributed by atoms with van der Waals surface area (Å²) in [6.07, 6.45) is 1.72. The van der Waals surface area contributed by atoms with Gasteiger partial charge in [-0.3, -0.25) is 19.1 Å². The van der Waals surface area contributed by atoms with E-state index >= 15 is 0 Å². The fourth-order valence-electron chi connectivity index (χ4n) is 4.01. The third-order valence-electron chi connectivity index (χ3n) is 5.28. The monoisotopic (exact) mass is 388 g/mol. The average Bonchev–Trinajstić information content (AvgIpc) is 3.02. The van der Waals surface area contributed by atoms with E-state index in [1.807, 2.05) is 67.6 Å². The molecule has 0 saturated heterocycles. The molecule has 2 aromatic heterocycles. The Morgan fingerprint density at radius 3 is 2.18 bits per heavy atom. The van der Waals surface area contributed by atoms with Gasteiger partial charge in [0.25, 0.3) is 5.56 Å². The summed E-state index contributed by atoms with van der Waals surface area (Å²) in [6.45, 7) is 1.95. The lowest BCUT2D eigenvalue weighted by atomic mass is 10.0. The molecule has 0 amide bonds. The highest BCUT2D eigenvalue weighted by atomic mass is 35.5. The van der Waals surface area contributed by atoms with Gasteiger partial charge in [0.1, 0.15) is 0 Å². The summed E-state index contributed by atoms with van der Waals surface area (Å²) in [4.78, 5) is 31.1. The first-order valence-electron chi connectivity index (χ1n) is 8.90. The lowest BCUT2D eigenvalue weighted by Crippen LogP contribution is -2.27. The van der Waals surface area contributed by atoms with Crippen LogP contribution >= 0.6 is 12.4 Å². The van der Waals surface area contributed by atoms with Crippen LogP contribution in [0.4, 0.5) is 0 Å². The van der Waals surface area contributed by atoms with Crippen LogP contribution in [0.5, 0.6) is 0 Å². The maximum atomic E-state index is 13.4. The maximum absolute atomic E-state index is 13.4. The van der Waals surface area contributed by atoms with Crippen molar-refractivity contribution in [1.82, 2.24) is 9.55 Å². The van der Waals surface area contributed by atoms with E-state index in [0.717, 1.165) is 11.3 Å². The molecule has 4 aromatic rings. The normalized spacial score (nSPS) is 13.0. The summed E-state index contributed by atoms with van der Waals surface area (Å²) in [7, 11) is 0. The summed E-state index contributed by atoms with van der Waals surface area (Å²) in [5.41, 5.74) is 3.43. The van der Waals surface area contributed by atoms with Crippen molar-refractivity contribution in [3.63, 3.8) is 0 Å². The highest BCUT2D eigenvalue weighted by Gasteiger charge is 2.33. The topological polar surface area (TPSA) is 52.0 Å². The van der Waals surface area contributed by atoms with Crippen LogP contribution in [0.2, 0.25) is 0 Å². The van der Waals surface area contributed by atoms with Crippen LogP contribution in [0.15, 0.2) is 77.7 Å². The van der Waals surface area contributed by atoms with E-state index in [2.05, 4.69) is 4.98 Å². The predicted molar refractivity (Wildman–Crippen MR) is 112 cm³/mol. The van der Waals surface area contributed by atoms with E-state index in [0.29, 0.717) is 27.6 Å². The van der Waals surface area contributed by atoms with Gasteiger partial charge in [-0.1, -0.05) is 48.5 Å². The van der Waals surface area contributed by atoms with Gasteiger partial charge < -0.3 is 0 Å². The minimum Gasteiger partial charge on any atom is -0.298 e. The van der Waals surface area contributed by atoms with E-state index in [-0.39, 0.29) is 29.8 Å². The Balaban J connectivity index is 0.00000192. The zero-order valence-corrected chi connectivity index (χ0v) is 15.9. The maximum Gasteiger partial charge on any atom is 0.259 e. The molecule has 0 aliphatic heterocycles. The SMILES string of the molecule is CC(c1ccccn1)n1c2c(c3ccccc3c1=O)C(=O)c1ccccc1-2.Cl. The van der Waals surface area contributed by atoms with Crippen LogP contribution < -0.4 is 5.56 Å². The van der Waals surface area contributed by atoms with Crippen LogP contribution in [0.25, 0.3) is 22.0 Å². The zero-order chi connectivity index (χ0) is 18.5. The van der Waals surface area contributed by atoms with E-state index in [1.54, 1.807) is 16.8 Å². The molecule has 138 valence electrons. The number of halogens is 1. The van der Waals surface area contributed by atoms with Crippen molar-refractivity contribution < 1.29 is 4.79 Å². The van der Waals surface area contributed by atoms with Gasteiger partial charge in [0.2, 0.25) is 0 Å². The standard InChI is InChI=1S/C23H16N2O2.ClH/c1-14(19-12-6-7-13-24-19)25-21-16-9-3-4-10-17(16)22(26)20(21)15-8-2-5-11-18(15)23(25)27;/h2-14H,1H3;1H. The van der Waals surface area contributed by atoms with Gasteiger partial charge in [0, 0.05) is 28.1 Å². The lowest BCUT2D eigenvalue weighted by Gasteiger charge is -2.20. The number of pyridine rings is 2. The molecule has 0 radical (unpaired) electrons. The second kappa shape index (κ2) is 6.73. The molecule has 4 nitrogen and oxygen atoms in total. The number of nitrogens with zero attached hydrogens (tertiary/aromatic N) is 2. The lowest BCUT2D eigenvalue weighted by molar-refractivity contribution is 0.104. The minimum atomic E-state index is -0.295. The van der Waals surface area contributed by atoms with Gasteiger partial charge in [-0.25, -0.2) is 0 Å². The molecule has 0 fully saturated rings. The van der Waals surface area contributed by atoms with Crippen molar-refractivity contribution in [3.05, 3.63) is 100 Å². The number of ketones is 1. The number of aromatic nitrogens is 2. The highest BCUT2D eigenvalue weighted by Crippen LogP contribution is 2.40. The van der Waals surface area contributed by atoms with Crippen LogP contribution in [0.3, 0.4) is 0 Å². The Labute approximate surface area is 167 Å². The third-order valence-corrected chi connectivity index (χ3v) is 5.28. The van der Waals surface area contributed by atoms with Crippen LogP contribution in [-0.4, -0.2) is 15.3 Å². The number of fused-ring (bicyclic) bond motifs is 5. The van der Waals surface area contributed by atoms with Gasteiger partial charge in [-0.2, -0.15) is 0 Å². The van der Waals surface area contributed by atoms with Crippen molar-refractivity contribution in [3.8, 4) is 11.3 Å². The molecule has 0 saturated carbocycles. The number of benzene rings is 2. The number of rotatable bonds is 2. The van der Waals surface area contributed by atoms with E-state index < -0.39 is 0 Å². The van der Waals surface area contributed by atoms with Crippen LogP contribution in [0, 0.1) is 0 Å². The molecule has 1 atom stereocenters. The van der Waals surface area contributed by atoms with Gasteiger partial charge in [0.15, 0.2) is 5.78 Å². The molecular weight excluding hydrogens is 372 g/mol. The van der Waals surface area contributed by atoms with Gasteiger partial charge in [-0.15, -0.1) is 12.4 Å². The number of carbonyl (C=O) groups excluding carboxylic acids is 1. The van der Waals surface area contributed by atoms with Gasteiger partial charge in [-0.05, 0) is 25.1 Å². The van der Waals surface area contributed by atoms with Crippen molar-refractivity contribution in [2.45, 2.75) is 13.0 Å². The average molecular weight is 389 g/mol. The molecule has 5 rings (SSSR count). The summed E-state index contributed by atoms with van der Waals surface area (Å²) in [6, 6.07) is 20.2. The fourth-order valence-corrected chi connectivity index (χ4v) is 4.01. The van der Waals surface area contributed by atoms with Crippen molar-refractivity contribution in [1.29, 1.82) is 0 Å². The first kappa shape index (κ1) is 18.1. The predicted octanol–water partition coefficient (Wildman–Crippen LogP) is 4.64. The largest absolute Gasteiger partial charge is 0.298 e. The Bertz CT molecular complexity index is 1280. The Morgan fingerprint density at radius 2 is 1.46 bits per heavy atom. The quantitative estimate of drug-likeness (QED) is 0.442. The molecule has 0 N–H and O–H groups in total. The third kappa shape index (κ3) is 2.42. The van der Waals surface area contributed by atoms with E-state index in [4.69, 9.17) is 0 Å². The molecule has 2 heterocycles. The van der Waals surface area contributed by atoms with Gasteiger partial charge >= 0.3 is 0 Å². The van der Waals surface area contributed by atoms with E-state index in [1.165, 1.54) is 0 Å². The molecule has 5 heteroatoms. The second-order valence-electron chi connectivity index (χ2n) is 6.75. The molecule has 1 aliphatic rings. The number of hydrogen-bond acceptors (Lipinski definition) is 3. The van der Waals surface area contributed by atoms with Crippen molar-refractivity contribution in [2.24, 2.45) is 0 Å². The molecular formula is C23H17ClN2O2. The summed E-state index contributed by atoms with van der Waals surface area (Å²) in [5, 5.41) is 1.27. The van der Waals surface area contributed by atoms with Crippen LogP contribution in [0.1, 0.15) is 34.6 Å². The Kier molecular flexibility index (Phi) is 4.36. The summed E-state index contributed by atoms with van der Waals surface area (Å²) >= 11 is 0. The first-order chi connectivity index (χ1) is 13.2. The fraction of sp³-hybridized carbons (Fsp3) is 0.0870. The molecule has 1 aliphatic carbocycles. The second-order valence-corrected chi connectivity index (χ2v) is 6.75. The Hall–Kier alpha value is -3.24. The molecule has 0 spiro atoms. The molecule has 2 aromatic carbocycles. The van der Waals surface area contributed by atoms with Crippen molar-refractivity contribution >= 4 is 29.0 Å². The summed E-state index contributed by atoms with van der Waals surface area (Å²) < 4.78 is 1.73. The molecule has 28 heavy (non-hydrogen) atoms. The highest BCUT2D eigenvalue weighted by molar-refractivity contribution is 6.26. The number of carbonyl (C=O) groups is 1. The summed E-state index contributed by atoms with van der Waals surface area (Å²) in [5.74, 6) is -0.0289.